The molecular formula is C15H28N2O3. The second kappa shape index (κ2) is 6.02. The molecule has 0 unspecified atom stereocenters. The highest BCUT2D eigenvalue weighted by atomic mass is 16.6. The lowest BCUT2D eigenvalue weighted by Crippen LogP contribution is -2.49. The predicted octanol–water partition coefficient (Wildman–Crippen LogP) is 2.55. The first-order valence-corrected chi connectivity index (χ1v) is 7.28. The Hall–Kier alpha value is -1.26. The highest BCUT2D eigenvalue weighted by Gasteiger charge is 2.31. The number of carbonyl (C=O) groups excluding carboxylic acids is 2. The Morgan fingerprint density at radius 1 is 1.05 bits per heavy atom. The Labute approximate surface area is 122 Å². The molecule has 1 fully saturated rings. The maximum absolute atomic E-state index is 12.2. The van der Waals surface area contributed by atoms with E-state index in [1.807, 2.05) is 46.4 Å². The predicted molar refractivity (Wildman–Crippen MR) is 78.4 cm³/mol. The summed E-state index contributed by atoms with van der Waals surface area (Å²) in [6, 6.07) is 0.0915. The van der Waals surface area contributed by atoms with Crippen molar-refractivity contribution in [3.8, 4) is 0 Å². The standard InChI is InChI=1S/C15H28N2O3/c1-14(2,3)12(18)17-9-7-11(8-10-17)16-13(19)20-15(4,5)6/h11H,7-10H2,1-6H3,(H,16,19). The molecule has 0 aliphatic carbocycles. The second-order valence-corrected chi connectivity index (χ2v) is 7.46. The van der Waals surface area contributed by atoms with Gasteiger partial charge in [-0.2, -0.15) is 0 Å². The average molecular weight is 284 g/mol. The first-order valence-electron chi connectivity index (χ1n) is 7.28. The molecule has 1 saturated heterocycles. The minimum absolute atomic E-state index is 0.0915. The van der Waals surface area contributed by atoms with E-state index in [9.17, 15) is 9.59 Å². The SMILES string of the molecule is CC(C)(C)OC(=O)NC1CCN(C(=O)C(C)(C)C)CC1. The monoisotopic (exact) mass is 284 g/mol. The number of alkyl carbamates (subject to hydrolysis) is 1. The zero-order valence-corrected chi connectivity index (χ0v) is 13.6. The third-order valence-corrected chi connectivity index (χ3v) is 3.14. The smallest absolute Gasteiger partial charge is 0.407 e. The minimum atomic E-state index is -0.479. The van der Waals surface area contributed by atoms with E-state index in [1.165, 1.54) is 0 Å². The molecule has 0 aromatic heterocycles. The van der Waals surface area contributed by atoms with Gasteiger partial charge in [0.1, 0.15) is 5.60 Å². The largest absolute Gasteiger partial charge is 0.444 e. The van der Waals surface area contributed by atoms with E-state index in [2.05, 4.69) is 5.32 Å². The maximum Gasteiger partial charge on any atom is 0.407 e. The van der Waals surface area contributed by atoms with Gasteiger partial charge in [0.2, 0.25) is 5.91 Å². The maximum atomic E-state index is 12.2. The molecule has 5 heteroatoms. The Balaban J connectivity index is 2.40. The summed E-state index contributed by atoms with van der Waals surface area (Å²) >= 11 is 0. The molecule has 20 heavy (non-hydrogen) atoms. The van der Waals surface area contributed by atoms with Crippen LogP contribution in [0.25, 0.3) is 0 Å². The molecule has 0 atom stereocenters. The Morgan fingerprint density at radius 2 is 1.55 bits per heavy atom. The summed E-state index contributed by atoms with van der Waals surface area (Å²) in [5, 5.41) is 2.87. The van der Waals surface area contributed by atoms with Gasteiger partial charge in [0.05, 0.1) is 0 Å². The first-order chi connectivity index (χ1) is 8.99. The van der Waals surface area contributed by atoms with Gasteiger partial charge in [-0.05, 0) is 33.6 Å². The van der Waals surface area contributed by atoms with Crippen molar-refractivity contribution in [3.05, 3.63) is 0 Å². The van der Waals surface area contributed by atoms with Crippen molar-refractivity contribution in [1.29, 1.82) is 0 Å². The molecule has 2 amide bonds. The summed E-state index contributed by atoms with van der Waals surface area (Å²) in [6.45, 7) is 12.7. The van der Waals surface area contributed by atoms with Gasteiger partial charge in [0.15, 0.2) is 0 Å². The number of ether oxygens (including phenoxy) is 1. The van der Waals surface area contributed by atoms with Crippen LogP contribution in [0.4, 0.5) is 4.79 Å². The average Bonchev–Trinajstić information content (AvgIpc) is 2.25. The Bertz CT molecular complexity index is 358. The van der Waals surface area contributed by atoms with Gasteiger partial charge in [-0.3, -0.25) is 4.79 Å². The molecule has 1 rings (SSSR count). The molecule has 5 nitrogen and oxygen atoms in total. The molecule has 1 aliphatic heterocycles. The van der Waals surface area contributed by atoms with Crippen LogP contribution in [0.3, 0.4) is 0 Å². The van der Waals surface area contributed by atoms with Gasteiger partial charge < -0.3 is 15.0 Å². The van der Waals surface area contributed by atoms with Crippen molar-refractivity contribution in [3.63, 3.8) is 0 Å². The molecule has 116 valence electrons. The summed E-state index contributed by atoms with van der Waals surface area (Å²) in [5.74, 6) is 0.174. The van der Waals surface area contributed by atoms with Gasteiger partial charge in [-0.15, -0.1) is 0 Å². The number of carbonyl (C=O) groups is 2. The van der Waals surface area contributed by atoms with Crippen LogP contribution in [0.15, 0.2) is 0 Å². The second-order valence-electron chi connectivity index (χ2n) is 7.46. The fourth-order valence-corrected chi connectivity index (χ4v) is 2.18. The molecule has 1 N–H and O–H groups in total. The van der Waals surface area contributed by atoms with Crippen LogP contribution < -0.4 is 5.32 Å². The zero-order valence-electron chi connectivity index (χ0n) is 13.6. The molecule has 1 heterocycles. The van der Waals surface area contributed by atoms with E-state index in [0.29, 0.717) is 13.1 Å². The van der Waals surface area contributed by atoms with Gasteiger partial charge in [-0.1, -0.05) is 20.8 Å². The van der Waals surface area contributed by atoms with Gasteiger partial charge in [0, 0.05) is 24.5 Å². The number of rotatable bonds is 1. The fourth-order valence-electron chi connectivity index (χ4n) is 2.18. The number of hydrogen-bond donors (Lipinski definition) is 1. The van der Waals surface area contributed by atoms with E-state index in [1.54, 1.807) is 0 Å². The van der Waals surface area contributed by atoms with Crippen LogP contribution in [0.2, 0.25) is 0 Å². The molecule has 0 aromatic carbocycles. The lowest BCUT2D eigenvalue weighted by atomic mass is 9.93. The van der Waals surface area contributed by atoms with Crippen molar-refractivity contribution in [2.75, 3.05) is 13.1 Å². The molecule has 0 aromatic rings. The quantitative estimate of drug-likeness (QED) is 0.805. The van der Waals surface area contributed by atoms with Crippen LogP contribution in [0.5, 0.6) is 0 Å². The van der Waals surface area contributed by atoms with Crippen molar-refractivity contribution >= 4 is 12.0 Å². The van der Waals surface area contributed by atoms with Crippen molar-refractivity contribution in [2.24, 2.45) is 5.41 Å². The van der Waals surface area contributed by atoms with Crippen molar-refractivity contribution < 1.29 is 14.3 Å². The zero-order chi connectivity index (χ0) is 15.6. The van der Waals surface area contributed by atoms with E-state index in [-0.39, 0.29) is 23.5 Å². The van der Waals surface area contributed by atoms with E-state index in [0.717, 1.165) is 12.8 Å². The van der Waals surface area contributed by atoms with Gasteiger partial charge in [0.25, 0.3) is 0 Å². The molecular weight excluding hydrogens is 256 g/mol. The topological polar surface area (TPSA) is 58.6 Å². The molecule has 0 radical (unpaired) electrons. The van der Waals surface area contributed by atoms with Gasteiger partial charge >= 0.3 is 6.09 Å². The van der Waals surface area contributed by atoms with Crippen LogP contribution in [0, 0.1) is 5.41 Å². The van der Waals surface area contributed by atoms with Crippen molar-refractivity contribution in [1.82, 2.24) is 10.2 Å². The Kier molecular flexibility index (Phi) is 5.05. The lowest BCUT2D eigenvalue weighted by Gasteiger charge is -2.36. The van der Waals surface area contributed by atoms with Crippen LogP contribution in [-0.4, -0.2) is 41.6 Å². The summed E-state index contributed by atoms with van der Waals surface area (Å²) < 4.78 is 5.24. The lowest BCUT2D eigenvalue weighted by molar-refractivity contribution is -0.140. The fraction of sp³-hybridized carbons (Fsp3) is 0.867. The molecule has 0 bridgehead atoms. The third-order valence-electron chi connectivity index (χ3n) is 3.14. The number of hydrogen-bond acceptors (Lipinski definition) is 3. The highest BCUT2D eigenvalue weighted by Crippen LogP contribution is 2.21. The number of amides is 2. The van der Waals surface area contributed by atoms with E-state index in [4.69, 9.17) is 4.74 Å². The number of piperidine rings is 1. The molecule has 0 saturated carbocycles. The minimum Gasteiger partial charge on any atom is -0.444 e. The van der Waals surface area contributed by atoms with Crippen LogP contribution in [-0.2, 0) is 9.53 Å². The Morgan fingerprint density at radius 3 is 1.95 bits per heavy atom. The summed E-state index contributed by atoms with van der Waals surface area (Å²) in [6.07, 6.45) is 1.18. The molecule has 1 aliphatic rings. The van der Waals surface area contributed by atoms with E-state index < -0.39 is 5.60 Å². The third kappa shape index (κ3) is 5.39. The van der Waals surface area contributed by atoms with Gasteiger partial charge in [-0.25, -0.2) is 4.79 Å². The highest BCUT2D eigenvalue weighted by molar-refractivity contribution is 5.81. The summed E-state index contributed by atoms with van der Waals surface area (Å²) in [4.78, 5) is 25.7. The van der Waals surface area contributed by atoms with Crippen LogP contribution in [0.1, 0.15) is 54.4 Å². The van der Waals surface area contributed by atoms with Crippen LogP contribution >= 0.6 is 0 Å². The number of likely N-dealkylation sites (tertiary alicyclic amines) is 1. The molecule has 0 spiro atoms. The van der Waals surface area contributed by atoms with Crippen molar-refractivity contribution in [2.45, 2.75) is 66.0 Å². The first kappa shape index (κ1) is 16.8. The number of nitrogens with zero attached hydrogens (tertiary/aromatic N) is 1. The summed E-state index contributed by atoms with van der Waals surface area (Å²) in [7, 11) is 0. The van der Waals surface area contributed by atoms with E-state index >= 15 is 0 Å². The normalized spacial score (nSPS) is 17.8. The summed E-state index contributed by atoms with van der Waals surface area (Å²) in [5.41, 5.74) is -0.821. The number of nitrogens with one attached hydrogen (secondary N) is 1.